The van der Waals surface area contributed by atoms with Gasteiger partial charge in [-0.05, 0) is 29.2 Å². The largest absolute Gasteiger partial charge is 0.351 e. The molecule has 0 bridgehead atoms. The summed E-state index contributed by atoms with van der Waals surface area (Å²) >= 11 is 1.66. The van der Waals surface area contributed by atoms with Crippen molar-refractivity contribution in [1.29, 1.82) is 0 Å². The van der Waals surface area contributed by atoms with Crippen molar-refractivity contribution in [2.24, 2.45) is 0 Å². The molecule has 0 unspecified atom stereocenters. The van der Waals surface area contributed by atoms with E-state index in [1.54, 1.807) is 11.8 Å². The maximum absolute atomic E-state index is 12.0. The first-order valence-electron chi connectivity index (χ1n) is 7.92. The first-order chi connectivity index (χ1) is 11.2. The van der Waals surface area contributed by atoms with Gasteiger partial charge < -0.3 is 10.6 Å². The van der Waals surface area contributed by atoms with E-state index in [1.165, 1.54) is 27.8 Å². The highest BCUT2D eigenvalue weighted by atomic mass is 35.5. The van der Waals surface area contributed by atoms with Gasteiger partial charge in [-0.25, -0.2) is 0 Å². The summed E-state index contributed by atoms with van der Waals surface area (Å²) in [4.78, 5) is 12.0. The molecule has 0 saturated carbocycles. The molecule has 0 aliphatic carbocycles. The number of rotatable bonds is 6. The number of hydrogen-bond acceptors (Lipinski definition) is 3. The number of halogens is 1. The second-order valence-electron chi connectivity index (χ2n) is 5.97. The predicted molar refractivity (Wildman–Crippen MR) is 103 cm³/mol. The smallest absolute Gasteiger partial charge is 0.230 e. The molecule has 0 fully saturated rings. The molecule has 1 aliphatic heterocycles. The van der Waals surface area contributed by atoms with Gasteiger partial charge in [0.2, 0.25) is 5.91 Å². The molecule has 0 radical (unpaired) electrons. The Hall–Kier alpha value is -1.49. The summed E-state index contributed by atoms with van der Waals surface area (Å²) in [6, 6.07) is 14.9. The molecule has 3 rings (SSSR count). The summed E-state index contributed by atoms with van der Waals surface area (Å²) < 4.78 is 0. The van der Waals surface area contributed by atoms with E-state index in [0.717, 1.165) is 18.8 Å². The Kier molecular flexibility index (Phi) is 7.16. The van der Waals surface area contributed by atoms with Gasteiger partial charge in [0.25, 0.3) is 0 Å². The Bertz CT molecular complexity index is 706. The molecule has 5 heteroatoms. The molecule has 24 heavy (non-hydrogen) atoms. The minimum atomic E-state index is 0. The molecule has 0 saturated heterocycles. The summed E-state index contributed by atoms with van der Waals surface area (Å²) in [5.41, 5.74) is 6.43. The van der Waals surface area contributed by atoms with Crippen molar-refractivity contribution >= 4 is 30.1 Å². The predicted octanol–water partition coefficient (Wildman–Crippen LogP) is 3.57. The van der Waals surface area contributed by atoms with Crippen LogP contribution in [0.3, 0.4) is 0 Å². The van der Waals surface area contributed by atoms with E-state index in [1.807, 2.05) is 0 Å². The van der Waals surface area contributed by atoms with Crippen LogP contribution in [-0.2, 0) is 30.2 Å². The molecule has 1 heterocycles. The van der Waals surface area contributed by atoms with Crippen LogP contribution < -0.4 is 10.6 Å². The highest BCUT2D eigenvalue weighted by molar-refractivity contribution is 7.99. The van der Waals surface area contributed by atoms with E-state index >= 15 is 0 Å². The zero-order chi connectivity index (χ0) is 16.1. The summed E-state index contributed by atoms with van der Waals surface area (Å²) in [6.45, 7) is 4.59. The molecule has 0 aromatic heterocycles. The summed E-state index contributed by atoms with van der Waals surface area (Å²) in [5.74, 6) is 1.47. The minimum Gasteiger partial charge on any atom is -0.351 e. The van der Waals surface area contributed by atoms with Crippen LogP contribution in [0.4, 0.5) is 0 Å². The Morgan fingerprint density at radius 2 is 1.96 bits per heavy atom. The van der Waals surface area contributed by atoms with E-state index < -0.39 is 0 Å². The van der Waals surface area contributed by atoms with Gasteiger partial charge in [0, 0.05) is 25.4 Å². The van der Waals surface area contributed by atoms with Gasteiger partial charge >= 0.3 is 0 Å². The van der Waals surface area contributed by atoms with Crippen molar-refractivity contribution in [3.8, 4) is 0 Å². The SMILES string of the molecule is Cc1cccc(CSCC(=O)NCc2ccc3c(c2)CNC3)c1.Cl. The van der Waals surface area contributed by atoms with Crippen molar-refractivity contribution in [2.75, 3.05) is 5.75 Å². The van der Waals surface area contributed by atoms with E-state index in [4.69, 9.17) is 0 Å². The molecule has 2 N–H and O–H groups in total. The van der Waals surface area contributed by atoms with Crippen molar-refractivity contribution in [3.05, 3.63) is 70.3 Å². The Labute approximate surface area is 154 Å². The molecule has 0 spiro atoms. The number of benzene rings is 2. The number of fused-ring (bicyclic) bond motifs is 1. The molecular weight excluding hydrogens is 340 g/mol. The number of nitrogens with one attached hydrogen (secondary N) is 2. The van der Waals surface area contributed by atoms with Gasteiger partial charge in [-0.15, -0.1) is 24.2 Å². The van der Waals surface area contributed by atoms with Crippen LogP contribution in [0.25, 0.3) is 0 Å². The quantitative estimate of drug-likeness (QED) is 0.825. The number of aryl methyl sites for hydroxylation is 1. The van der Waals surface area contributed by atoms with Crippen molar-refractivity contribution in [2.45, 2.75) is 32.3 Å². The van der Waals surface area contributed by atoms with Crippen LogP contribution in [-0.4, -0.2) is 11.7 Å². The number of carbonyl (C=O) groups excluding carboxylic acids is 1. The lowest BCUT2D eigenvalue weighted by atomic mass is 10.1. The Morgan fingerprint density at radius 3 is 2.79 bits per heavy atom. The zero-order valence-electron chi connectivity index (χ0n) is 13.8. The first-order valence-corrected chi connectivity index (χ1v) is 9.07. The number of hydrogen-bond donors (Lipinski definition) is 2. The maximum atomic E-state index is 12.0. The van der Waals surface area contributed by atoms with Gasteiger partial charge in [-0.2, -0.15) is 0 Å². The number of carbonyl (C=O) groups is 1. The fourth-order valence-corrected chi connectivity index (χ4v) is 3.58. The topological polar surface area (TPSA) is 41.1 Å². The second kappa shape index (κ2) is 9.11. The first kappa shape index (κ1) is 18.8. The summed E-state index contributed by atoms with van der Waals surface area (Å²) in [5, 5.41) is 6.34. The highest BCUT2D eigenvalue weighted by Gasteiger charge is 2.10. The average molecular weight is 363 g/mol. The third-order valence-electron chi connectivity index (χ3n) is 3.98. The highest BCUT2D eigenvalue weighted by Crippen LogP contribution is 2.17. The van der Waals surface area contributed by atoms with Crippen LogP contribution in [0.5, 0.6) is 0 Å². The number of thioether (sulfide) groups is 1. The third-order valence-corrected chi connectivity index (χ3v) is 4.98. The molecule has 1 amide bonds. The van der Waals surface area contributed by atoms with Crippen LogP contribution in [0.1, 0.15) is 27.8 Å². The van der Waals surface area contributed by atoms with Crippen molar-refractivity contribution in [3.63, 3.8) is 0 Å². The Balaban J connectivity index is 0.00000208. The minimum absolute atomic E-state index is 0. The molecule has 2 aromatic rings. The van der Waals surface area contributed by atoms with Gasteiger partial charge in [-0.3, -0.25) is 4.79 Å². The van der Waals surface area contributed by atoms with Gasteiger partial charge in [-0.1, -0.05) is 48.0 Å². The van der Waals surface area contributed by atoms with E-state index in [2.05, 4.69) is 60.0 Å². The van der Waals surface area contributed by atoms with Crippen LogP contribution >= 0.6 is 24.2 Å². The van der Waals surface area contributed by atoms with Gasteiger partial charge in [0.15, 0.2) is 0 Å². The molecule has 128 valence electrons. The summed E-state index contributed by atoms with van der Waals surface area (Å²) in [7, 11) is 0. The van der Waals surface area contributed by atoms with E-state index in [9.17, 15) is 4.79 Å². The molecular formula is C19H23ClN2OS. The van der Waals surface area contributed by atoms with Crippen LogP contribution in [0.2, 0.25) is 0 Å². The Morgan fingerprint density at radius 1 is 1.12 bits per heavy atom. The van der Waals surface area contributed by atoms with Crippen molar-refractivity contribution in [1.82, 2.24) is 10.6 Å². The lowest BCUT2D eigenvalue weighted by Crippen LogP contribution is -2.24. The molecule has 2 aromatic carbocycles. The summed E-state index contributed by atoms with van der Waals surface area (Å²) in [6.07, 6.45) is 0. The lowest BCUT2D eigenvalue weighted by Gasteiger charge is -2.07. The fraction of sp³-hybridized carbons (Fsp3) is 0.316. The maximum Gasteiger partial charge on any atom is 0.230 e. The lowest BCUT2D eigenvalue weighted by molar-refractivity contribution is -0.118. The van der Waals surface area contributed by atoms with Gasteiger partial charge in [0.05, 0.1) is 5.75 Å². The number of amides is 1. The molecule has 3 nitrogen and oxygen atoms in total. The average Bonchev–Trinajstić information content (AvgIpc) is 3.00. The van der Waals surface area contributed by atoms with Crippen LogP contribution in [0, 0.1) is 6.92 Å². The van der Waals surface area contributed by atoms with Gasteiger partial charge in [0.1, 0.15) is 0 Å². The molecule has 0 atom stereocenters. The second-order valence-corrected chi connectivity index (χ2v) is 6.95. The van der Waals surface area contributed by atoms with E-state index in [0.29, 0.717) is 12.3 Å². The van der Waals surface area contributed by atoms with Crippen molar-refractivity contribution < 1.29 is 4.79 Å². The zero-order valence-corrected chi connectivity index (χ0v) is 15.4. The van der Waals surface area contributed by atoms with Crippen LogP contribution in [0.15, 0.2) is 42.5 Å². The normalized spacial score (nSPS) is 12.4. The fourth-order valence-electron chi connectivity index (χ4n) is 2.77. The van der Waals surface area contributed by atoms with E-state index in [-0.39, 0.29) is 18.3 Å². The monoisotopic (exact) mass is 362 g/mol. The molecule has 1 aliphatic rings. The third kappa shape index (κ3) is 5.26. The standard InChI is InChI=1S/C19H22N2OS.ClH/c1-14-3-2-4-16(7-14)12-23-13-19(22)21-9-15-5-6-17-10-20-11-18(17)8-15;/h2-8,20H,9-13H2,1H3,(H,21,22);1H.